The lowest BCUT2D eigenvalue weighted by Gasteiger charge is -2.12. The summed E-state index contributed by atoms with van der Waals surface area (Å²) in [7, 11) is 0. The van der Waals surface area contributed by atoms with E-state index < -0.39 is 0 Å². The second-order valence-corrected chi connectivity index (χ2v) is 5.45. The van der Waals surface area contributed by atoms with Gasteiger partial charge in [-0.25, -0.2) is 9.67 Å². The molecule has 1 N–H and O–H groups in total. The predicted molar refractivity (Wildman–Crippen MR) is 87.1 cm³/mol. The number of rotatable bonds is 7. The molecule has 0 atom stereocenters. The SMILES string of the molecule is CCCNCc1cc(Cl)ccc1-n1nc(CC)nc1CC. The number of benzene rings is 1. The highest BCUT2D eigenvalue weighted by Gasteiger charge is 2.13. The van der Waals surface area contributed by atoms with E-state index in [4.69, 9.17) is 11.6 Å². The van der Waals surface area contributed by atoms with Crippen molar-refractivity contribution in [1.29, 1.82) is 0 Å². The summed E-state index contributed by atoms with van der Waals surface area (Å²) in [5, 5.41) is 8.80. The first-order valence-electron chi connectivity index (χ1n) is 7.63. The van der Waals surface area contributed by atoms with Gasteiger partial charge in [-0.2, -0.15) is 5.10 Å². The van der Waals surface area contributed by atoms with Crippen LogP contribution in [0.3, 0.4) is 0 Å². The van der Waals surface area contributed by atoms with Crippen LogP contribution >= 0.6 is 11.6 Å². The fourth-order valence-corrected chi connectivity index (χ4v) is 2.46. The number of hydrogen-bond donors (Lipinski definition) is 1. The van der Waals surface area contributed by atoms with Gasteiger partial charge in [0, 0.05) is 24.4 Å². The van der Waals surface area contributed by atoms with E-state index >= 15 is 0 Å². The van der Waals surface area contributed by atoms with Gasteiger partial charge in [0.05, 0.1) is 5.69 Å². The molecule has 0 radical (unpaired) electrons. The van der Waals surface area contributed by atoms with Gasteiger partial charge in [0.1, 0.15) is 5.82 Å². The van der Waals surface area contributed by atoms with Crippen LogP contribution in [-0.4, -0.2) is 21.3 Å². The molecule has 2 rings (SSSR count). The highest BCUT2D eigenvalue weighted by Crippen LogP contribution is 2.21. The maximum Gasteiger partial charge on any atom is 0.151 e. The van der Waals surface area contributed by atoms with E-state index in [0.29, 0.717) is 0 Å². The first kappa shape index (κ1) is 16.0. The Hall–Kier alpha value is -1.39. The standard InChI is InChI=1S/C16H23ClN4/c1-4-9-18-11-12-10-13(17)7-8-14(12)21-16(6-3)19-15(5-2)20-21/h7-8,10,18H,4-6,9,11H2,1-3H3. The molecule has 0 amide bonds. The van der Waals surface area contributed by atoms with Gasteiger partial charge < -0.3 is 5.32 Å². The normalized spacial score (nSPS) is 11.0. The third kappa shape index (κ3) is 3.83. The summed E-state index contributed by atoms with van der Waals surface area (Å²) < 4.78 is 1.96. The highest BCUT2D eigenvalue weighted by molar-refractivity contribution is 6.30. The van der Waals surface area contributed by atoms with Crippen LogP contribution in [0.5, 0.6) is 0 Å². The number of aromatic nitrogens is 3. The Morgan fingerprint density at radius 1 is 1.19 bits per heavy atom. The van der Waals surface area contributed by atoms with Crippen molar-refractivity contribution in [3.05, 3.63) is 40.4 Å². The van der Waals surface area contributed by atoms with Crippen LogP contribution in [0.4, 0.5) is 0 Å². The monoisotopic (exact) mass is 306 g/mol. The molecule has 0 fully saturated rings. The molecule has 0 unspecified atom stereocenters. The van der Waals surface area contributed by atoms with E-state index in [-0.39, 0.29) is 0 Å². The average Bonchev–Trinajstić information content (AvgIpc) is 2.91. The topological polar surface area (TPSA) is 42.7 Å². The van der Waals surface area contributed by atoms with Crippen LogP contribution in [0.15, 0.2) is 18.2 Å². The minimum atomic E-state index is 0.751. The van der Waals surface area contributed by atoms with E-state index in [9.17, 15) is 0 Å². The van der Waals surface area contributed by atoms with Gasteiger partial charge in [0.15, 0.2) is 5.82 Å². The third-order valence-electron chi connectivity index (χ3n) is 3.36. The highest BCUT2D eigenvalue weighted by atomic mass is 35.5. The lowest BCUT2D eigenvalue weighted by molar-refractivity contribution is 0.667. The first-order chi connectivity index (χ1) is 10.2. The van der Waals surface area contributed by atoms with Gasteiger partial charge in [-0.15, -0.1) is 0 Å². The lowest BCUT2D eigenvalue weighted by atomic mass is 10.1. The van der Waals surface area contributed by atoms with Gasteiger partial charge in [-0.05, 0) is 36.7 Å². The molecule has 1 aromatic heterocycles. The molecule has 0 saturated heterocycles. The first-order valence-corrected chi connectivity index (χ1v) is 8.01. The van der Waals surface area contributed by atoms with Crippen molar-refractivity contribution in [1.82, 2.24) is 20.1 Å². The Kier molecular flexibility index (Phi) is 5.76. The Labute approximate surface area is 131 Å². The Bertz CT molecular complexity index is 592. The van der Waals surface area contributed by atoms with E-state index in [1.165, 1.54) is 0 Å². The van der Waals surface area contributed by atoms with Crippen LogP contribution in [0.2, 0.25) is 5.02 Å². The quantitative estimate of drug-likeness (QED) is 0.796. The third-order valence-corrected chi connectivity index (χ3v) is 3.60. The predicted octanol–water partition coefficient (Wildman–Crippen LogP) is 3.55. The summed E-state index contributed by atoms with van der Waals surface area (Å²) in [5.74, 6) is 1.88. The molecule has 0 spiro atoms. The molecular weight excluding hydrogens is 284 g/mol. The van der Waals surface area contributed by atoms with E-state index in [2.05, 4.69) is 36.2 Å². The van der Waals surface area contributed by atoms with Gasteiger partial charge >= 0.3 is 0 Å². The zero-order valence-electron chi connectivity index (χ0n) is 13.0. The number of halogens is 1. The maximum absolute atomic E-state index is 6.15. The largest absolute Gasteiger partial charge is 0.313 e. The van der Waals surface area contributed by atoms with Crippen molar-refractivity contribution in [2.24, 2.45) is 0 Å². The summed E-state index contributed by atoms with van der Waals surface area (Å²) in [6.45, 7) is 8.11. The van der Waals surface area contributed by atoms with Crippen molar-refractivity contribution in [2.75, 3.05) is 6.54 Å². The second kappa shape index (κ2) is 7.57. The van der Waals surface area contributed by atoms with Crippen LogP contribution in [0.1, 0.15) is 44.4 Å². The fourth-order valence-electron chi connectivity index (χ4n) is 2.27. The van der Waals surface area contributed by atoms with Crippen LogP contribution in [0, 0.1) is 0 Å². The fraction of sp³-hybridized carbons (Fsp3) is 0.500. The van der Waals surface area contributed by atoms with Crippen molar-refractivity contribution >= 4 is 11.6 Å². The van der Waals surface area contributed by atoms with Crippen molar-refractivity contribution in [3.63, 3.8) is 0 Å². The Morgan fingerprint density at radius 3 is 2.67 bits per heavy atom. The van der Waals surface area contributed by atoms with E-state index in [1.54, 1.807) is 0 Å². The molecule has 114 valence electrons. The number of nitrogens with one attached hydrogen (secondary N) is 1. The Balaban J connectivity index is 2.40. The molecular formula is C16H23ClN4. The average molecular weight is 307 g/mol. The van der Waals surface area contributed by atoms with E-state index in [0.717, 1.165) is 60.3 Å². The molecule has 0 bridgehead atoms. The minimum absolute atomic E-state index is 0.751. The molecule has 0 aliphatic rings. The van der Waals surface area contributed by atoms with Crippen LogP contribution in [-0.2, 0) is 19.4 Å². The Morgan fingerprint density at radius 2 is 2.00 bits per heavy atom. The van der Waals surface area contributed by atoms with Crippen LogP contribution in [0.25, 0.3) is 5.69 Å². The smallest absolute Gasteiger partial charge is 0.151 e. The molecule has 1 aromatic carbocycles. The summed E-state index contributed by atoms with van der Waals surface area (Å²) >= 11 is 6.15. The minimum Gasteiger partial charge on any atom is -0.313 e. The van der Waals surface area contributed by atoms with Crippen LogP contribution < -0.4 is 5.32 Å². The molecule has 1 heterocycles. The maximum atomic E-state index is 6.15. The zero-order chi connectivity index (χ0) is 15.2. The van der Waals surface area contributed by atoms with Crippen molar-refractivity contribution in [2.45, 2.75) is 46.6 Å². The van der Waals surface area contributed by atoms with E-state index in [1.807, 2.05) is 22.9 Å². The molecule has 5 heteroatoms. The molecule has 0 saturated carbocycles. The summed E-state index contributed by atoms with van der Waals surface area (Å²) in [4.78, 5) is 4.58. The lowest BCUT2D eigenvalue weighted by Crippen LogP contribution is -2.16. The molecule has 2 aromatic rings. The number of aryl methyl sites for hydroxylation is 2. The molecule has 21 heavy (non-hydrogen) atoms. The summed E-state index contributed by atoms with van der Waals surface area (Å²) in [6.07, 6.45) is 2.81. The van der Waals surface area contributed by atoms with Crippen molar-refractivity contribution in [3.8, 4) is 5.69 Å². The summed E-state index contributed by atoms with van der Waals surface area (Å²) in [5.41, 5.74) is 2.21. The number of hydrogen-bond acceptors (Lipinski definition) is 3. The molecule has 0 aliphatic heterocycles. The zero-order valence-corrected chi connectivity index (χ0v) is 13.7. The number of nitrogens with zero attached hydrogens (tertiary/aromatic N) is 3. The van der Waals surface area contributed by atoms with Gasteiger partial charge in [-0.3, -0.25) is 0 Å². The second-order valence-electron chi connectivity index (χ2n) is 5.01. The van der Waals surface area contributed by atoms with Gasteiger partial charge in [0.25, 0.3) is 0 Å². The van der Waals surface area contributed by atoms with Gasteiger partial charge in [0.2, 0.25) is 0 Å². The molecule has 0 aliphatic carbocycles. The summed E-state index contributed by atoms with van der Waals surface area (Å²) in [6, 6.07) is 5.94. The van der Waals surface area contributed by atoms with Gasteiger partial charge in [-0.1, -0.05) is 32.4 Å². The van der Waals surface area contributed by atoms with Crippen molar-refractivity contribution < 1.29 is 0 Å². The molecule has 4 nitrogen and oxygen atoms in total.